The maximum Gasteiger partial charge on any atom is 0.238 e. The zero-order valence-electron chi connectivity index (χ0n) is 11.4. The van der Waals surface area contributed by atoms with Crippen molar-refractivity contribution in [2.24, 2.45) is 0 Å². The number of methoxy groups -OCH3 is 1. The molecule has 0 saturated heterocycles. The van der Waals surface area contributed by atoms with Crippen LogP contribution in [0.25, 0.3) is 0 Å². The highest BCUT2D eigenvalue weighted by atomic mass is 16.5. The Labute approximate surface area is 117 Å². The number of benzene rings is 1. The quantitative estimate of drug-likeness (QED) is 0.678. The van der Waals surface area contributed by atoms with Crippen molar-refractivity contribution in [1.82, 2.24) is 10.6 Å². The van der Waals surface area contributed by atoms with Crippen molar-refractivity contribution in [3.05, 3.63) is 24.3 Å². The van der Waals surface area contributed by atoms with Gasteiger partial charge < -0.3 is 15.4 Å². The fourth-order valence-corrected chi connectivity index (χ4v) is 1.74. The summed E-state index contributed by atoms with van der Waals surface area (Å²) in [6.45, 7) is 0.228. The zero-order chi connectivity index (χ0) is 14.4. The summed E-state index contributed by atoms with van der Waals surface area (Å²) in [5, 5.41) is 8.38. The molecule has 0 atom stereocenters. The van der Waals surface area contributed by atoms with Crippen molar-refractivity contribution in [3.63, 3.8) is 0 Å². The Bertz CT molecular complexity index is 486. The van der Waals surface area contributed by atoms with Crippen LogP contribution in [0.3, 0.4) is 0 Å². The van der Waals surface area contributed by atoms with Gasteiger partial charge in [-0.05, 0) is 25.0 Å². The van der Waals surface area contributed by atoms with Crippen LogP contribution < -0.4 is 20.7 Å². The lowest BCUT2D eigenvalue weighted by Gasteiger charge is -2.10. The third kappa shape index (κ3) is 4.55. The minimum atomic E-state index is -0.214. The van der Waals surface area contributed by atoms with Gasteiger partial charge in [-0.25, -0.2) is 0 Å². The molecular weight excluding hydrogens is 258 g/mol. The number of anilines is 1. The molecule has 1 saturated carbocycles. The van der Waals surface area contributed by atoms with Crippen LogP contribution in [0.4, 0.5) is 5.69 Å². The van der Waals surface area contributed by atoms with Crippen LogP contribution in [0.2, 0.25) is 0 Å². The fourth-order valence-electron chi connectivity index (χ4n) is 1.74. The minimum absolute atomic E-state index is 0.0717. The summed E-state index contributed by atoms with van der Waals surface area (Å²) in [6, 6.07) is 7.51. The molecule has 6 heteroatoms. The number of para-hydroxylation sites is 2. The van der Waals surface area contributed by atoms with Gasteiger partial charge in [0.1, 0.15) is 5.75 Å². The molecule has 0 heterocycles. The van der Waals surface area contributed by atoms with E-state index >= 15 is 0 Å². The Hall–Kier alpha value is -2.08. The van der Waals surface area contributed by atoms with E-state index in [9.17, 15) is 9.59 Å². The summed E-state index contributed by atoms with van der Waals surface area (Å²) in [4.78, 5) is 23.1. The Balaban J connectivity index is 1.70. The Morgan fingerprint density at radius 2 is 1.90 bits per heavy atom. The van der Waals surface area contributed by atoms with Gasteiger partial charge in [0, 0.05) is 6.04 Å². The van der Waals surface area contributed by atoms with E-state index in [-0.39, 0.29) is 24.9 Å². The Morgan fingerprint density at radius 3 is 2.60 bits per heavy atom. The highest BCUT2D eigenvalue weighted by molar-refractivity contribution is 5.94. The van der Waals surface area contributed by atoms with Crippen molar-refractivity contribution in [2.45, 2.75) is 18.9 Å². The van der Waals surface area contributed by atoms with E-state index in [0.717, 1.165) is 12.8 Å². The summed E-state index contributed by atoms with van der Waals surface area (Å²) in [6.07, 6.45) is 2.11. The van der Waals surface area contributed by atoms with Gasteiger partial charge in [0.15, 0.2) is 0 Å². The number of carbonyl (C=O) groups is 2. The SMILES string of the molecule is COc1ccccc1NC(=O)CNCC(=O)NC1CC1. The number of rotatable bonds is 7. The topological polar surface area (TPSA) is 79.5 Å². The van der Waals surface area contributed by atoms with Crippen LogP contribution in [0.15, 0.2) is 24.3 Å². The summed E-state index contributed by atoms with van der Waals surface area (Å²) in [5.74, 6) is 0.318. The van der Waals surface area contributed by atoms with Gasteiger partial charge in [-0.2, -0.15) is 0 Å². The molecule has 0 spiro atoms. The highest BCUT2D eigenvalue weighted by Crippen LogP contribution is 2.22. The van der Waals surface area contributed by atoms with E-state index in [0.29, 0.717) is 17.5 Å². The molecule has 1 aliphatic carbocycles. The van der Waals surface area contributed by atoms with Gasteiger partial charge in [-0.1, -0.05) is 12.1 Å². The molecule has 2 rings (SSSR count). The van der Waals surface area contributed by atoms with Gasteiger partial charge in [-0.15, -0.1) is 0 Å². The predicted octanol–water partition coefficient (Wildman–Crippen LogP) is 0.502. The first-order chi connectivity index (χ1) is 9.69. The molecule has 6 nitrogen and oxygen atoms in total. The molecule has 0 aromatic heterocycles. The number of ether oxygens (including phenoxy) is 1. The van der Waals surface area contributed by atoms with Crippen LogP contribution in [0.1, 0.15) is 12.8 Å². The first-order valence-electron chi connectivity index (χ1n) is 6.62. The Kier molecular flexibility index (Phi) is 4.95. The van der Waals surface area contributed by atoms with E-state index in [1.54, 1.807) is 19.2 Å². The molecule has 0 unspecified atom stereocenters. The largest absolute Gasteiger partial charge is 0.495 e. The summed E-state index contributed by atoms with van der Waals surface area (Å²) >= 11 is 0. The van der Waals surface area contributed by atoms with Crippen LogP contribution in [-0.4, -0.2) is 38.1 Å². The average Bonchev–Trinajstić information content (AvgIpc) is 3.23. The molecule has 3 N–H and O–H groups in total. The molecule has 2 amide bonds. The van der Waals surface area contributed by atoms with Gasteiger partial charge >= 0.3 is 0 Å². The lowest BCUT2D eigenvalue weighted by molar-refractivity contribution is -0.120. The smallest absolute Gasteiger partial charge is 0.238 e. The molecule has 1 aliphatic rings. The first-order valence-corrected chi connectivity index (χ1v) is 6.62. The van der Waals surface area contributed by atoms with Gasteiger partial charge in [0.25, 0.3) is 0 Å². The number of amides is 2. The van der Waals surface area contributed by atoms with Crippen LogP contribution in [0.5, 0.6) is 5.75 Å². The standard InChI is InChI=1S/C14H19N3O3/c1-20-12-5-3-2-4-11(12)17-14(19)9-15-8-13(18)16-10-6-7-10/h2-5,10,15H,6-9H2,1H3,(H,16,18)(H,17,19). The maximum atomic E-state index is 11.7. The van der Waals surface area contributed by atoms with Crippen molar-refractivity contribution >= 4 is 17.5 Å². The maximum absolute atomic E-state index is 11.7. The van der Waals surface area contributed by atoms with Crippen molar-refractivity contribution < 1.29 is 14.3 Å². The van der Waals surface area contributed by atoms with E-state index in [2.05, 4.69) is 16.0 Å². The van der Waals surface area contributed by atoms with Gasteiger partial charge in [0.05, 0.1) is 25.9 Å². The average molecular weight is 277 g/mol. The summed E-state index contributed by atoms with van der Waals surface area (Å²) in [7, 11) is 1.55. The second kappa shape index (κ2) is 6.91. The number of hydrogen-bond donors (Lipinski definition) is 3. The lowest BCUT2D eigenvalue weighted by atomic mass is 10.3. The zero-order valence-corrected chi connectivity index (χ0v) is 11.4. The normalized spacial score (nSPS) is 13.7. The van der Waals surface area contributed by atoms with Crippen LogP contribution >= 0.6 is 0 Å². The van der Waals surface area contributed by atoms with Crippen LogP contribution in [-0.2, 0) is 9.59 Å². The molecule has 20 heavy (non-hydrogen) atoms. The lowest BCUT2D eigenvalue weighted by Crippen LogP contribution is -2.38. The molecule has 1 aromatic rings. The summed E-state index contributed by atoms with van der Waals surface area (Å²) in [5.41, 5.74) is 0.615. The van der Waals surface area contributed by atoms with E-state index in [1.807, 2.05) is 12.1 Å². The van der Waals surface area contributed by atoms with Crippen molar-refractivity contribution in [2.75, 3.05) is 25.5 Å². The van der Waals surface area contributed by atoms with Crippen LogP contribution in [0, 0.1) is 0 Å². The third-order valence-corrected chi connectivity index (χ3v) is 2.89. The monoisotopic (exact) mass is 277 g/mol. The third-order valence-electron chi connectivity index (χ3n) is 2.89. The first kappa shape index (κ1) is 14.3. The van der Waals surface area contributed by atoms with E-state index in [4.69, 9.17) is 4.74 Å². The highest BCUT2D eigenvalue weighted by Gasteiger charge is 2.22. The minimum Gasteiger partial charge on any atom is -0.495 e. The molecule has 0 bridgehead atoms. The van der Waals surface area contributed by atoms with Gasteiger partial charge in [-0.3, -0.25) is 14.9 Å². The molecule has 1 aromatic carbocycles. The number of hydrogen-bond acceptors (Lipinski definition) is 4. The molecule has 1 fully saturated rings. The van der Waals surface area contributed by atoms with Crippen molar-refractivity contribution in [1.29, 1.82) is 0 Å². The van der Waals surface area contributed by atoms with Gasteiger partial charge in [0.2, 0.25) is 11.8 Å². The molecule has 108 valence electrons. The number of nitrogens with one attached hydrogen (secondary N) is 3. The summed E-state index contributed by atoms with van der Waals surface area (Å²) < 4.78 is 5.14. The second-order valence-corrected chi connectivity index (χ2v) is 4.69. The molecular formula is C14H19N3O3. The molecule has 0 aliphatic heterocycles. The number of carbonyl (C=O) groups excluding carboxylic acids is 2. The molecule has 0 radical (unpaired) electrons. The van der Waals surface area contributed by atoms with Crippen molar-refractivity contribution in [3.8, 4) is 5.75 Å². The van der Waals surface area contributed by atoms with E-state index in [1.165, 1.54) is 0 Å². The fraction of sp³-hybridized carbons (Fsp3) is 0.429. The second-order valence-electron chi connectivity index (χ2n) is 4.69. The predicted molar refractivity (Wildman–Crippen MR) is 75.7 cm³/mol. The van der Waals surface area contributed by atoms with E-state index < -0.39 is 0 Å². The Morgan fingerprint density at radius 1 is 1.20 bits per heavy atom.